The lowest BCUT2D eigenvalue weighted by Crippen LogP contribution is -2.14. The normalized spacial score (nSPS) is 15.9. The van der Waals surface area contributed by atoms with Crippen LogP contribution in [0.5, 0.6) is 0 Å². The molecule has 62 valence electrons. The van der Waals surface area contributed by atoms with Gasteiger partial charge in [0.05, 0.1) is 17.0 Å². The van der Waals surface area contributed by atoms with Crippen LogP contribution in [0.3, 0.4) is 0 Å². The summed E-state index contributed by atoms with van der Waals surface area (Å²) in [6, 6.07) is 0. The van der Waals surface area contributed by atoms with Gasteiger partial charge in [0.15, 0.2) is 5.78 Å². The molecular formula is C8H8N2OS. The van der Waals surface area contributed by atoms with E-state index in [0.717, 1.165) is 17.3 Å². The van der Waals surface area contributed by atoms with Gasteiger partial charge in [0.1, 0.15) is 5.82 Å². The highest BCUT2D eigenvalue weighted by molar-refractivity contribution is 7.99. The maximum atomic E-state index is 11.3. The summed E-state index contributed by atoms with van der Waals surface area (Å²) >= 11 is 1.61. The van der Waals surface area contributed by atoms with E-state index in [1.165, 1.54) is 0 Å². The minimum absolute atomic E-state index is 0.154. The Kier molecular flexibility index (Phi) is 1.84. The second kappa shape index (κ2) is 2.86. The molecule has 0 saturated heterocycles. The van der Waals surface area contributed by atoms with Crippen molar-refractivity contribution in [3.05, 3.63) is 23.3 Å². The van der Waals surface area contributed by atoms with Crippen molar-refractivity contribution in [3.8, 4) is 0 Å². The molecule has 2 heterocycles. The number of hydrogen-bond donors (Lipinski definition) is 0. The highest BCUT2D eigenvalue weighted by Crippen LogP contribution is 2.21. The van der Waals surface area contributed by atoms with Gasteiger partial charge < -0.3 is 0 Å². The van der Waals surface area contributed by atoms with Crippen LogP contribution in [0.4, 0.5) is 0 Å². The van der Waals surface area contributed by atoms with E-state index in [-0.39, 0.29) is 5.78 Å². The van der Waals surface area contributed by atoms with Crippen molar-refractivity contribution in [2.75, 3.05) is 5.75 Å². The Morgan fingerprint density at radius 2 is 2.33 bits per heavy atom. The molecule has 0 radical (unpaired) electrons. The van der Waals surface area contributed by atoms with E-state index in [9.17, 15) is 4.79 Å². The summed E-state index contributed by atoms with van der Waals surface area (Å²) in [7, 11) is 0. The van der Waals surface area contributed by atoms with Crippen molar-refractivity contribution in [2.45, 2.75) is 12.7 Å². The Hall–Kier alpha value is -0.900. The van der Waals surface area contributed by atoms with Crippen molar-refractivity contribution in [3.63, 3.8) is 0 Å². The van der Waals surface area contributed by atoms with Crippen LogP contribution in [0.2, 0.25) is 0 Å². The van der Waals surface area contributed by atoms with Gasteiger partial charge in [-0.2, -0.15) is 0 Å². The number of fused-ring (bicyclic) bond motifs is 1. The maximum absolute atomic E-state index is 11.3. The molecule has 0 unspecified atom stereocenters. The lowest BCUT2D eigenvalue weighted by Gasteiger charge is -2.12. The number of thioether (sulfide) groups is 1. The average molecular weight is 180 g/mol. The predicted octanol–water partition coefficient (Wildman–Crippen LogP) is 1.21. The monoisotopic (exact) mass is 180 g/mol. The van der Waals surface area contributed by atoms with E-state index < -0.39 is 0 Å². The molecule has 1 aromatic heterocycles. The summed E-state index contributed by atoms with van der Waals surface area (Å²) in [6.07, 6.45) is 1.64. The second-order valence-corrected chi connectivity index (χ2v) is 3.68. The zero-order valence-corrected chi connectivity index (χ0v) is 7.52. The second-order valence-electron chi connectivity index (χ2n) is 2.69. The minimum Gasteiger partial charge on any atom is -0.293 e. The molecule has 0 aliphatic carbocycles. The number of rotatable bonds is 0. The standard InChI is InChI=1S/C8H8N2OS/c1-5-9-2-6-7(10-5)3-12-4-8(6)11/h2H,3-4H2,1H3. The molecule has 0 fully saturated rings. The van der Waals surface area contributed by atoms with Gasteiger partial charge in [0.25, 0.3) is 0 Å². The molecule has 0 N–H and O–H groups in total. The maximum Gasteiger partial charge on any atom is 0.176 e. The first-order chi connectivity index (χ1) is 5.77. The molecule has 1 aliphatic rings. The van der Waals surface area contributed by atoms with Crippen molar-refractivity contribution in [1.82, 2.24) is 9.97 Å². The summed E-state index contributed by atoms with van der Waals surface area (Å²) in [4.78, 5) is 19.5. The molecule has 0 amide bonds. The number of carbonyl (C=O) groups is 1. The summed E-state index contributed by atoms with van der Waals surface area (Å²) in [5, 5.41) is 0. The number of carbonyl (C=O) groups excluding carboxylic acids is 1. The van der Waals surface area contributed by atoms with Gasteiger partial charge in [-0.3, -0.25) is 4.79 Å². The van der Waals surface area contributed by atoms with Gasteiger partial charge >= 0.3 is 0 Å². The summed E-state index contributed by atoms with van der Waals surface area (Å²) in [5.41, 5.74) is 1.60. The number of ketones is 1. The molecule has 4 heteroatoms. The molecule has 0 atom stereocenters. The largest absolute Gasteiger partial charge is 0.293 e. The summed E-state index contributed by atoms with van der Waals surface area (Å²) in [5.74, 6) is 2.30. The third kappa shape index (κ3) is 1.22. The molecular weight excluding hydrogens is 172 g/mol. The topological polar surface area (TPSA) is 42.9 Å². The number of aromatic nitrogens is 2. The first-order valence-corrected chi connectivity index (χ1v) is 4.86. The molecule has 0 saturated carbocycles. The van der Waals surface area contributed by atoms with Gasteiger partial charge in [0.2, 0.25) is 0 Å². The van der Waals surface area contributed by atoms with E-state index >= 15 is 0 Å². The Balaban J connectivity index is 2.53. The minimum atomic E-state index is 0.154. The van der Waals surface area contributed by atoms with Gasteiger partial charge in [-0.25, -0.2) is 9.97 Å². The molecule has 2 rings (SSSR count). The lowest BCUT2D eigenvalue weighted by molar-refractivity contribution is 0.101. The quantitative estimate of drug-likeness (QED) is 0.602. The van der Waals surface area contributed by atoms with Crippen LogP contribution in [0.1, 0.15) is 21.9 Å². The zero-order valence-electron chi connectivity index (χ0n) is 6.70. The fraction of sp³-hybridized carbons (Fsp3) is 0.375. The Labute approximate surface area is 74.6 Å². The van der Waals surface area contributed by atoms with E-state index in [1.54, 1.807) is 18.0 Å². The molecule has 1 aromatic rings. The molecule has 0 aromatic carbocycles. The number of Topliss-reactive ketones (excluding diaryl/α,β-unsaturated/α-hetero) is 1. The van der Waals surface area contributed by atoms with Crippen LogP contribution in [-0.4, -0.2) is 21.5 Å². The number of nitrogens with zero attached hydrogens (tertiary/aromatic N) is 2. The van der Waals surface area contributed by atoms with E-state index in [0.29, 0.717) is 11.3 Å². The van der Waals surface area contributed by atoms with E-state index in [2.05, 4.69) is 9.97 Å². The number of hydrogen-bond acceptors (Lipinski definition) is 4. The zero-order chi connectivity index (χ0) is 8.55. The van der Waals surface area contributed by atoms with Gasteiger partial charge in [-0.05, 0) is 6.92 Å². The highest BCUT2D eigenvalue weighted by atomic mass is 32.2. The SMILES string of the molecule is Cc1ncc2c(n1)CSCC2=O. The molecule has 3 nitrogen and oxygen atoms in total. The fourth-order valence-corrected chi connectivity index (χ4v) is 2.03. The Morgan fingerprint density at radius 1 is 1.50 bits per heavy atom. The van der Waals surface area contributed by atoms with E-state index in [1.807, 2.05) is 6.92 Å². The summed E-state index contributed by atoms with van der Waals surface area (Å²) < 4.78 is 0. The molecule has 1 aliphatic heterocycles. The smallest absolute Gasteiger partial charge is 0.176 e. The van der Waals surface area contributed by atoms with Crippen molar-refractivity contribution in [1.29, 1.82) is 0 Å². The summed E-state index contributed by atoms with van der Waals surface area (Å²) in [6.45, 7) is 1.84. The van der Waals surface area contributed by atoms with Crippen molar-refractivity contribution < 1.29 is 4.79 Å². The van der Waals surface area contributed by atoms with Gasteiger partial charge in [-0.1, -0.05) is 0 Å². The Bertz CT molecular complexity index is 338. The van der Waals surface area contributed by atoms with E-state index in [4.69, 9.17) is 0 Å². The van der Waals surface area contributed by atoms with Gasteiger partial charge in [0, 0.05) is 11.9 Å². The first kappa shape index (κ1) is 7.73. The Morgan fingerprint density at radius 3 is 3.17 bits per heavy atom. The van der Waals surface area contributed by atoms with Crippen LogP contribution in [0.25, 0.3) is 0 Å². The molecule has 12 heavy (non-hydrogen) atoms. The third-order valence-electron chi connectivity index (χ3n) is 1.76. The van der Waals surface area contributed by atoms with Crippen LogP contribution in [-0.2, 0) is 5.75 Å². The molecule has 0 spiro atoms. The van der Waals surface area contributed by atoms with Gasteiger partial charge in [-0.15, -0.1) is 11.8 Å². The predicted molar refractivity (Wildman–Crippen MR) is 47.3 cm³/mol. The van der Waals surface area contributed by atoms with Crippen LogP contribution in [0, 0.1) is 6.92 Å². The first-order valence-electron chi connectivity index (χ1n) is 3.71. The average Bonchev–Trinajstić information content (AvgIpc) is 2.04. The van der Waals surface area contributed by atoms with Crippen molar-refractivity contribution >= 4 is 17.5 Å². The van der Waals surface area contributed by atoms with Crippen LogP contribution < -0.4 is 0 Å². The van der Waals surface area contributed by atoms with Crippen LogP contribution >= 0.6 is 11.8 Å². The van der Waals surface area contributed by atoms with Crippen LogP contribution in [0.15, 0.2) is 6.20 Å². The third-order valence-corrected chi connectivity index (χ3v) is 2.70. The lowest BCUT2D eigenvalue weighted by atomic mass is 10.2. The molecule has 0 bridgehead atoms. The fourth-order valence-electron chi connectivity index (χ4n) is 1.18. The van der Waals surface area contributed by atoms with Crippen molar-refractivity contribution in [2.24, 2.45) is 0 Å². The highest BCUT2D eigenvalue weighted by Gasteiger charge is 2.18. The number of aryl methyl sites for hydroxylation is 1.